The lowest BCUT2D eigenvalue weighted by molar-refractivity contribution is 0.518. The minimum Gasteiger partial charge on any atom is -0.176 e. The first-order valence-corrected chi connectivity index (χ1v) is 4.09. The molecule has 0 amide bonds. The van der Waals surface area contributed by atoms with Crippen molar-refractivity contribution in [2.24, 2.45) is 0 Å². The lowest BCUT2D eigenvalue weighted by Crippen LogP contribution is -2.03. The largest absolute Gasteiger partial charge is 0.176 e. The van der Waals surface area contributed by atoms with Crippen LogP contribution in [0.15, 0.2) is 13.2 Å². The van der Waals surface area contributed by atoms with Gasteiger partial charge in [0.1, 0.15) is 0 Å². The first-order valence-electron chi connectivity index (χ1n) is 3.57. The maximum Gasteiger partial charge on any atom is 0.00168 e. The van der Waals surface area contributed by atoms with Gasteiger partial charge in [0.15, 0.2) is 0 Å². The van der Waals surface area contributed by atoms with Crippen LogP contribution in [-0.4, -0.2) is 5.25 Å². The fraction of sp³-hybridized carbons (Fsp3) is 0.750. The zero-order valence-corrected chi connectivity index (χ0v) is 6.87. The highest BCUT2D eigenvalue weighted by molar-refractivity contribution is 7.80. The van der Waals surface area contributed by atoms with Crippen LogP contribution in [0.5, 0.6) is 0 Å². The van der Waals surface area contributed by atoms with Crippen molar-refractivity contribution in [3.8, 4) is 0 Å². The van der Waals surface area contributed by atoms with Gasteiger partial charge in [-0.1, -0.05) is 19.3 Å². The van der Waals surface area contributed by atoms with Crippen LogP contribution < -0.4 is 0 Å². The Labute approximate surface area is 63.8 Å². The van der Waals surface area contributed by atoms with Crippen LogP contribution in [0.1, 0.15) is 32.1 Å². The Kier molecular flexibility index (Phi) is 6.28. The van der Waals surface area contributed by atoms with E-state index < -0.39 is 0 Å². The van der Waals surface area contributed by atoms with E-state index in [-0.39, 0.29) is 0 Å². The Bertz CT molecular complexity index is 55.6. The van der Waals surface area contributed by atoms with Crippen molar-refractivity contribution in [3.63, 3.8) is 0 Å². The number of thiol groups is 1. The van der Waals surface area contributed by atoms with Gasteiger partial charge in [0.2, 0.25) is 0 Å². The maximum atomic E-state index is 4.36. The van der Waals surface area contributed by atoms with E-state index in [1.165, 1.54) is 32.1 Å². The van der Waals surface area contributed by atoms with Gasteiger partial charge < -0.3 is 0 Å². The Balaban J connectivity index is 0.000000291. The Morgan fingerprint density at radius 3 is 1.67 bits per heavy atom. The van der Waals surface area contributed by atoms with E-state index in [1.807, 2.05) is 0 Å². The van der Waals surface area contributed by atoms with Crippen LogP contribution in [-0.2, 0) is 0 Å². The van der Waals surface area contributed by atoms with Crippen LogP contribution in [0.4, 0.5) is 0 Å². The second-order valence-electron chi connectivity index (χ2n) is 2.29. The van der Waals surface area contributed by atoms with Crippen LogP contribution >= 0.6 is 12.6 Å². The third-order valence-corrected chi connectivity index (χ3v) is 2.09. The Morgan fingerprint density at radius 2 is 1.44 bits per heavy atom. The molecule has 1 aliphatic rings. The zero-order valence-electron chi connectivity index (χ0n) is 5.97. The molecular weight excluding hydrogens is 128 g/mol. The van der Waals surface area contributed by atoms with Gasteiger partial charge >= 0.3 is 0 Å². The fourth-order valence-corrected chi connectivity index (χ4v) is 1.45. The number of hydrogen-bond acceptors (Lipinski definition) is 1. The summed E-state index contributed by atoms with van der Waals surface area (Å²) in [6.07, 6.45) is 6.96. The highest BCUT2D eigenvalue weighted by Crippen LogP contribution is 2.20. The molecular formula is C8H16S. The SMILES string of the molecule is C=C.SC1CCCCC1. The molecule has 0 aromatic carbocycles. The monoisotopic (exact) mass is 144 g/mol. The van der Waals surface area contributed by atoms with E-state index in [0.29, 0.717) is 0 Å². The molecule has 0 heterocycles. The number of rotatable bonds is 0. The summed E-state index contributed by atoms with van der Waals surface area (Å²) in [5.74, 6) is 0. The highest BCUT2D eigenvalue weighted by Gasteiger charge is 2.06. The quantitative estimate of drug-likeness (QED) is 0.392. The van der Waals surface area contributed by atoms with Gasteiger partial charge in [0.25, 0.3) is 0 Å². The van der Waals surface area contributed by atoms with Crippen molar-refractivity contribution >= 4 is 12.6 Å². The average molecular weight is 144 g/mol. The van der Waals surface area contributed by atoms with Gasteiger partial charge in [0, 0.05) is 5.25 Å². The molecule has 1 aliphatic carbocycles. The molecule has 0 unspecified atom stereocenters. The molecule has 0 spiro atoms. The summed E-state index contributed by atoms with van der Waals surface area (Å²) in [5, 5.41) is 0.730. The number of hydrogen-bond donors (Lipinski definition) is 1. The van der Waals surface area contributed by atoms with Gasteiger partial charge in [-0.2, -0.15) is 12.6 Å². The topological polar surface area (TPSA) is 0 Å². The second-order valence-corrected chi connectivity index (χ2v) is 3.02. The fourth-order valence-electron chi connectivity index (χ4n) is 1.08. The van der Waals surface area contributed by atoms with E-state index in [4.69, 9.17) is 0 Å². The molecule has 0 aromatic rings. The molecule has 0 aromatic heterocycles. The van der Waals surface area contributed by atoms with Gasteiger partial charge in [-0.25, -0.2) is 0 Å². The van der Waals surface area contributed by atoms with E-state index in [0.717, 1.165) is 5.25 Å². The first-order chi connectivity index (χ1) is 4.39. The minimum atomic E-state index is 0.730. The molecule has 1 heteroatoms. The molecule has 1 saturated carbocycles. The molecule has 0 saturated heterocycles. The lowest BCUT2D eigenvalue weighted by Gasteiger charge is -2.14. The highest BCUT2D eigenvalue weighted by atomic mass is 32.1. The van der Waals surface area contributed by atoms with Crippen molar-refractivity contribution in [2.45, 2.75) is 37.4 Å². The van der Waals surface area contributed by atoms with Crippen LogP contribution in [0.3, 0.4) is 0 Å². The lowest BCUT2D eigenvalue weighted by atomic mass is 10.0. The van der Waals surface area contributed by atoms with E-state index in [9.17, 15) is 0 Å². The van der Waals surface area contributed by atoms with Crippen molar-refractivity contribution in [2.75, 3.05) is 0 Å². The summed E-state index contributed by atoms with van der Waals surface area (Å²) in [6.45, 7) is 6.00. The predicted molar refractivity (Wildman–Crippen MR) is 47.1 cm³/mol. The van der Waals surface area contributed by atoms with Gasteiger partial charge in [-0.15, -0.1) is 13.2 Å². The zero-order chi connectivity index (χ0) is 7.11. The molecule has 0 bridgehead atoms. The van der Waals surface area contributed by atoms with E-state index >= 15 is 0 Å². The summed E-state index contributed by atoms with van der Waals surface area (Å²) in [7, 11) is 0. The van der Waals surface area contributed by atoms with E-state index in [1.54, 1.807) is 0 Å². The normalized spacial score (nSPS) is 20.1. The Morgan fingerprint density at radius 1 is 1.00 bits per heavy atom. The Hall–Kier alpha value is 0.0900. The summed E-state index contributed by atoms with van der Waals surface area (Å²) in [4.78, 5) is 0. The molecule has 0 radical (unpaired) electrons. The average Bonchev–Trinajstić information content (AvgIpc) is 1.94. The van der Waals surface area contributed by atoms with Crippen molar-refractivity contribution < 1.29 is 0 Å². The second kappa shape index (κ2) is 6.21. The van der Waals surface area contributed by atoms with Crippen LogP contribution in [0.25, 0.3) is 0 Å². The van der Waals surface area contributed by atoms with Crippen molar-refractivity contribution in [1.82, 2.24) is 0 Å². The summed E-state index contributed by atoms with van der Waals surface area (Å²) in [6, 6.07) is 0. The van der Waals surface area contributed by atoms with Gasteiger partial charge in [-0.3, -0.25) is 0 Å². The maximum absolute atomic E-state index is 4.36. The summed E-state index contributed by atoms with van der Waals surface area (Å²) >= 11 is 4.36. The van der Waals surface area contributed by atoms with Crippen molar-refractivity contribution in [3.05, 3.63) is 13.2 Å². The third kappa shape index (κ3) is 4.58. The molecule has 1 rings (SSSR count). The predicted octanol–water partition coefficient (Wildman–Crippen LogP) is 3.05. The molecule has 0 aliphatic heterocycles. The molecule has 0 N–H and O–H groups in total. The van der Waals surface area contributed by atoms with Crippen LogP contribution in [0.2, 0.25) is 0 Å². The standard InChI is InChI=1S/C6H12S.C2H4/c7-6-4-2-1-3-5-6;1-2/h6-7H,1-5H2;1-2H2. The smallest absolute Gasteiger partial charge is 0.00168 e. The molecule has 0 atom stereocenters. The summed E-state index contributed by atoms with van der Waals surface area (Å²) in [5.41, 5.74) is 0. The van der Waals surface area contributed by atoms with Gasteiger partial charge in [0.05, 0.1) is 0 Å². The molecule has 0 nitrogen and oxygen atoms in total. The third-order valence-electron chi connectivity index (χ3n) is 1.57. The van der Waals surface area contributed by atoms with Crippen LogP contribution in [0, 0.1) is 0 Å². The van der Waals surface area contributed by atoms with Crippen molar-refractivity contribution in [1.29, 1.82) is 0 Å². The summed E-state index contributed by atoms with van der Waals surface area (Å²) < 4.78 is 0. The molecule has 1 fully saturated rings. The first kappa shape index (κ1) is 9.09. The van der Waals surface area contributed by atoms with E-state index in [2.05, 4.69) is 25.8 Å². The van der Waals surface area contributed by atoms with Gasteiger partial charge in [-0.05, 0) is 12.8 Å². The molecule has 54 valence electrons. The minimum absolute atomic E-state index is 0.730. The molecule has 9 heavy (non-hydrogen) atoms.